The summed E-state index contributed by atoms with van der Waals surface area (Å²) in [5, 5.41) is 0.631. The topological polar surface area (TPSA) is 101 Å². The summed E-state index contributed by atoms with van der Waals surface area (Å²) in [7, 11) is 1.51. The van der Waals surface area contributed by atoms with E-state index in [1.165, 1.54) is 29.9 Å². The molecule has 8 heteroatoms. The first-order valence-electron chi connectivity index (χ1n) is 9.05. The molecular formula is C22H17NO7. The molecule has 8 nitrogen and oxygen atoms in total. The summed E-state index contributed by atoms with van der Waals surface area (Å²) in [6, 6.07) is 14.2. The second-order valence-corrected chi connectivity index (χ2v) is 6.46. The van der Waals surface area contributed by atoms with Gasteiger partial charge in [-0.3, -0.25) is 4.79 Å². The van der Waals surface area contributed by atoms with Crippen LogP contribution in [0.15, 0.2) is 79.2 Å². The van der Waals surface area contributed by atoms with Crippen LogP contribution in [-0.4, -0.2) is 17.6 Å². The van der Waals surface area contributed by atoms with E-state index in [1.54, 1.807) is 42.6 Å². The number of aromatic nitrogens is 1. The van der Waals surface area contributed by atoms with Crippen molar-refractivity contribution in [3.8, 4) is 5.75 Å². The number of benzene rings is 1. The number of ether oxygens (including phenoxy) is 2. The SMILES string of the molecule is COc1ccc2c(COC(=O)c3ccc(Cn4ccccc4=O)o3)cc(=O)oc2c1. The molecule has 0 bridgehead atoms. The number of furan rings is 1. The number of rotatable bonds is 6. The molecule has 0 aliphatic rings. The number of esters is 1. The van der Waals surface area contributed by atoms with Gasteiger partial charge in [0.2, 0.25) is 5.76 Å². The van der Waals surface area contributed by atoms with Gasteiger partial charge in [0.15, 0.2) is 0 Å². The van der Waals surface area contributed by atoms with Gasteiger partial charge in [0, 0.05) is 35.3 Å². The van der Waals surface area contributed by atoms with Gasteiger partial charge in [0.05, 0.1) is 13.7 Å². The smallest absolute Gasteiger partial charge is 0.374 e. The van der Waals surface area contributed by atoms with Crippen molar-refractivity contribution < 1.29 is 23.1 Å². The normalized spacial score (nSPS) is 10.8. The Balaban J connectivity index is 1.49. The van der Waals surface area contributed by atoms with E-state index in [4.69, 9.17) is 18.3 Å². The molecule has 4 rings (SSSR count). The first-order chi connectivity index (χ1) is 14.5. The molecule has 0 radical (unpaired) electrons. The van der Waals surface area contributed by atoms with Crippen LogP contribution < -0.4 is 15.9 Å². The monoisotopic (exact) mass is 407 g/mol. The van der Waals surface area contributed by atoms with Gasteiger partial charge >= 0.3 is 11.6 Å². The van der Waals surface area contributed by atoms with Crippen molar-refractivity contribution in [1.29, 1.82) is 0 Å². The molecule has 0 saturated heterocycles. The summed E-state index contributed by atoms with van der Waals surface area (Å²) in [5.74, 6) is 0.299. The molecule has 3 aromatic heterocycles. The molecule has 0 amide bonds. The predicted octanol–water partition coefficient (Wildman–Crippen LogP) is 2.96. The third-order valence-corrected chi connectivity index (χ3v) is 4.48. The van der Waals surface area contributed by atoms with Crippen molar-refractivity contribution in [1.82, 2.24) is 4.57 Å². The maximum absolute atomic E-state index is 12.4. The average Bonchev–Trinajstić information content (AvgIpc) is 3.21. The fourth-order valence-corrected chi connectivity index (χ4v) is 3.00. The van der Waals surface area contributed by atoms with E-state index >= 15 is 0 Å². The molecule has 0 atom stereocenters. The van der Waals surface area contributed by atoms with Crippen molar-refractivity contribution >= 4 is 16.9 Å². The minimum Gasteiger partial charge on any atom is -0.497 e. The van der Waals surface area contributed by atoms with Gasteiger partial charge in [0.25, 0.3) is 5.56 Å². The Hall–Kier alpha value is -4.07. The lowest BCUT2D eigenvalue weighted by Gasteiger charge is -2.07. The first kappa shape index (κ1) is 19.3. The number of fused-ring (bicyclic) bond motifs is 1. The van der Waals surface area contributed by atoms with Gasteiger partial charge in [-0.25, -0.2) is 9.59 Å². The second-order valence-electron chi connectivity index (χ2n) is 6.46. The highest BCUT2D eigenvalue weighted by Gasteiger charge is 2.15. The van der Waals surface area contributed by atoms with Gasteiger partial charge in [0.1, 0.15) is 23.7 Å². The summed E-state index contributed by atoms with van der Waals surface area (Å²) in [6.07, 6.45) is 1.63. The maximum Gasteiger partial charge on any atom is 0.374 e. The van der Waals surface area contributed by atoms with Crippen LogP contribution in [0.25, 0.3) is 11.0 Å². The van der Waals surface area contributed by atoms with Crippen molar-refractivity contribution in [2.75, 3.05) is 7.11 Å². The molecule has 0 spiro atoms. The van der Waals surface area contributed by atoms with Crippen molar-refractivity contribution in [3.63, 3.8) is 0 Å². The fraction of sp³-hybridized carbons (Fsp3) is 0.136. The van der Waals surface area contributed by atoms with Crippen molar-refractivity contribution in [2.24, 2.45) is 0 Å². The van der Waals surface area contributed by atoms with Crippen LogP contribution in [-0.2, 0) is 17.9 Å². The zero-order chi connectivity index (χ0) is 21.1. The molecule has 0 aliphatic carbocycles. The molecule has 0 unspecified atom stereocenters. The summed E-state index contributed by atoms with van der Waals surface area (Å²) < 4.78 is 22.6. The third kappa shape index (κ3) is 4.02. The minimum absolute atomic E-state index is 0.00270. The van der Waals surface area contributed by atoms with E-state index in [0.717, 1.165) is 0 Å². The van der Waals surface area contributed by atoms with Gasteiger partial charge in [-0.15, -0.1) is 0 Å². The lowest BCUT2D eigenvalue weighted by molar-refractivity contribution is 0.0435. The number of carbonyl (C=O) groups excluding carboxylic acids is 1. The zero-order valence-electron chi connectivity index (χ0n) is 16.0. The van der Waals surface area contributed by atoms with Gasteiger partial charge in [-0.1, -0.05) is 6.07 Å². The standard InChI is InChI=1S/C22H17NO7/c1-27-15-5-7-17-14(10-21(25)30-19(17)11-15)13-28-22(26)18-8-6-16(29-18)12-23-9-3-2-4-20(23)24/h2-11H,12-13H2,1H3. The molecule has 0 N–H and O–H groups in total. The summed E-state index contributed by atoms with van der Waals surface area (Å²) >= 11 is 0. The third-order valence-electron chi connectivity index (χ3n) is 4.48. The largest absolute Gasteiger partial charge is 0.497 e. The number of pyridine rings is 1. The maximum atomic E-state index is 12.4. The van der Waals surface area contributed by atoms with Gasteiger partial charge in [-0.05, 0) is 30.3 Å². The lowest BCUT2D eigenvalue weighted by atomic mass is 10.1. The average molecular weight is 407 g/mol. The molecule has 152 valence electrons. The van der Waals surface area contributed by atoms with E-state index in [-0.39, 0.29) is 24.5 Å². The van der Waals surface area contributed by atoms with Crippen molar-refractivity contribution in [2.45, 2.75) is 13.2 Å². The van der Waals surface area contributed by atoms with Crippen LogP contribution >= 0.6 is 0 Å². The van der Waals surface area contributed by atoms with E-state index in [0.29, 0.717) is 28.0 Å². The van der Waals surface area contributed by atoms with E-state index < -0.39 is 11.6 Å². The molecule has 0 saturated carbocycles. The number of hydrogen-bond donors (Lipinski definition) is 0. The van der Waals surface area contributed by atoms with E-state index in [9.17, 15) is 14.4 Å². The molecule has 0 aliphatic heterocycles. The van der Waals surface area contributed by atoms with Crippen LogP contribution in [0.5, 0.6) is 5.75 Å². The molecule has 30 heavy (non-hydrogen) atoms. The highest BCUT2D eigenvalue weighted by molar-refractivity contribution is 5.87. The van der Waals surface area contributed by atoms with Gasteiger partial charge < -0.3 is 22.9 Å². The zero-order valence-corrected chi connectivity index (χ0v) is 16.0. The number of hydrogen-bond acceptors (Lipinski definition) is 7. The number of carbonyl (C=O) groups is 1. The molecule has 1 aromatic carbocycles. The van der Waals surface area contributed by atoms with E-state index in [2.05, 4.69) is 0 Å². The molecule has 3 heterocycles. The Kier molecular flexibility index (Phi) is 5.21. The summed E-state index contributed by atoms with van der Waals surface area (Å²) in [5.41, 5.74) is 0.0983. The number of nitrogens with zero attached hydrogens (tertiary/aromatic N) is 1. The molecule has 0 fully saturated rings. The van der Waals surface area contributed by atoms with Crippen LogP contribution in [0.2, 0.25) is 0 Å². The Morgan fingerprint density at radius 1 is 1.03 bits per heavy atom. The Morgan fingerprint density at radius 2 is 1.90 bits per heavy atom. The quantitative estimate of drug-likeness (QED) is 0.358. The first-order valence-corrected chi connectivity index (χ1v) is 9.05. The summed E-state index contributed by atoms with van der Waals surface area (Å²) in [6.45, 7) is 0.0561. The lowest BCUT2D eigenvalue weighted by Crippen LogP contribution is -2.17. The van der Waals surface area contributed by atoms with Crippen LogP contribution in [0, 0.1) is 0 Å². The highest BCUT2D eigenvalue weighted by Crippen LogP contribution is 2.23. The Morgan fingerprint density at radius 3 is 2.70 bits per heavy atom. The Bertz CT molecular complexity index is 1330. The van der Waals surface area contributed by atoms with Crippen molar-refractivity contribution in [3.05, 3.63) is 98.7 Å². The Labute approximate surface area is 169 Å². The second kappa shape index (κ2) is 8.12. The summed E-state index contributed by atoms with van der Waals surface area (Å²) in [4.78, 5) is 36.0. The van der Waals surface area contributed by atoms with Gasteiger partial charge in [-0.2, -0.15) is 0 Å². The van der Waals surface area contributed by atoms with Crippen LogP contribution in [0.3, 0.4) is 0 Å². The highest BCUT2D eigenvalue weighted by atomic mass is 16.5. The minimum atomic E-state index is -0.684. The molecule has 4 aromatic rings. The van der Waals surface area contributed by atoms with Crippen LogP contribution in [0.1, 0.15) is 21.9 Å². The van der Waals surface area contributed by atoms with Crippen LogP contribution in [0.4, 0.5) is 0 Å². The fourth-order valence-electron chi connectivity index (χ4n) is 3.00. The predicted molar refractivity (Wildman–Crippen MR) is 107 cm³/mol. The van der Waals surface area contributed by atoms with E-state index in [1.807, 2.05) is 0 Å². The molecular weight excluding hydrogens is 390 g/mol. The number of methoxy groups -OCH3 is 1.